The summed E-state index contributed by atoms with van der Waals surface area (Å²) in [5, 5.41) is 2.59. The maximum atomic E-state index is 14.6. The number of fused-ring (bicyclic) bond motifs is 1. The van der Waals surface area contributed by atoms with E-state index in [1.165, 1.54) is 12.1 Å². The molecule has 0 bridgehead atoms. The summed E-state index contributed by atoms with van der Waals surface area (Å²) in [5.74, 6) is -1.14. The van der Waals surface area contributed by atoms with Crippen molar-refractivity contribution in [2.24, 2.45) is 5.41 Å². The van der Waals surface area contributed by atoms with Crippen LogP contribution in [0.5, 0.6) is 0 Å². The maximum Gasteiger partial charge on any atom is 0.226 e. The van der Waals surface area contributed by atoms with E-state index in [1.807, 2.05) is 25.7 Å². The quantitative estimate of drug-likeness (QED) is 0.846. The molecule has 2 aromatic rings. The molecule has 0 atom stereocenters. The number of carbonyl (C=O) groups is 1. The van der Waals surface area contributed by atoms with Crippen molar-refractivity contribution >= 4 is 17.4 Å². The van der Waals surface area contributed by atoms with Crippen molar-refractivity contribution in [3.05, 3.63) is 53.2 Å². The molecule has 1 aromatic heterocycles. The number of nitrogens with one attached hydrogen (secondary N) is 1. The van der Waals surface area contributed by atoms with Gasteiger partial charge in [0.05, 0.1) is 11.4 Å². The normalized spacial score (nSPS) is 14.0. The first-order chi connectivity index (χ1) is 12.7. The molecule has 27 heavy (non-hydrogen) atoms. The molecule has 0 aliphatic carbocycles. The van der Waals surface area contributed by atoms with Crippen molar-refractivity contribution in [1.29, 1.82) is 0 Å². The number of hydrogen-bond acceptors (Lipinski definition) is 3. The van der Waals surface area contributed by atoms with Gasteiger partial charge in [0, 0.05) is 31.1 Å². The molecule has 144 valence electrons. The Kier molecular flexibility index (Phi) is 5.44. The first-order valence-corrected chi connectivity index (χ1v) is 9.20. The van der Waals surface area contributed by atoms with Gasteiger partial charge in [-0.25, -0.2) is 13.8 Å². The highest BCUT2D eigenvalue weighted by Gasteiger charge is 2.23. The molecule has 1 N–H and O–H groups in total. The van der Waals surface area contributed by atoms with Crippen LogP contribution in [0.4, 0.5) is 20.3 Å². The third kappa shape index (κ3) is 4.81. The van der Waals surface area contributed by atoms with Gasteiger partial charge >= 0.3 is 0 Å². The van der Waals surface area contributed by atoms with Gasteiger partial charge in [-0.3, -0.25) is 4.79 Å². The van der Waals surface area contributed by atoms with Crippen molar-refractivity contribution < 1.29 is 13.6 Å². The second-order valence-corrected chi connectivity index (χ2v) is 8.19. The van der Waals surface area contributed by atoms with Gasteiger partial charge in [-0.15, -0.1) is 0 Å². The number of rotatable bonds is 4. The average molecular weight is 373 g/mol. The summed E-state index contributed by atoms with van der Waals surface area (Å²) >= 11 is 0. The Morgan fingerprint density at radius 3 is 2.67 bits per heavy atom. The monoisotopic (exact) mass is 373 g/mol. The average Bonchev–Trinajstić information content (AvgIpc) is 2.56. The molecule has 0 fully saturated rings. The summed E-state index contributed by atoms with van der Waals surface area (Å²) < 4.78 is 28.6. The second-order valence-electron chi connectivity index (χ2n) is 8.19. The van der Waals surface area contributed by atoms with Crippen molar-refractivity contribution in [2.75, 3.05) is 16.8 Å². The summed E-state index contributed by atoms with van der Waals surface area (Å²) in [6, 6.07) is 7.99. The molecule has 4 nitrogen and oxygen atoms in total. The van der Waals surface area contributed by atoms with Crippen LogP contribution in [0.25, 0.3) is 0 Å². The molecule has 0 saturated carbocycles. The highest BCUT2D eigenvalue weighted by molar-refractivity contribution is 5.90. The van der Waals surface area contributed by atoms with E-state index in [-0.39, 0.29) is 29.4 Å². The van der Waals surface area contributed by atoms with Crippen LogP contribution >= 0.6 is 0 Å². The van der Waals surface area contributed by atoms with Crippen LogP contribution in [0.2, 0.25) is 0 Å². The molecule has 0 radical (unpaired) electrons. The van der Waals surface area contributed by atoms with E-state index in [0.29, 0.717) is 30.8 Å². The Labute approximate surface area is 158 Å². The van der Waals surface area contributed by atoms with E-state index in [2.05, 4.69) is 10.3 Å². The van der Waals surface area contributed by atoms with Gasteiger partial charge in [0.1, 0.15) is 5.82 Å². The van der Waals surface area contributed by atoms with E-state index in [0.717, 1.165) is 12.1 Å². The zero-order valence-electron chi connectivity index (χ0n) is 16.0. The Hall–Kier alpha value is -2.50. The zero-order valence-corrected chi connectivity index (χ0v) is 16.0. The summed E-state index contributed by atoms with van der Waals surface area (Å²) in [5.41, 5.74) is 1.76. The number of amides is 1. The molecular formula is C21H25F2N3O. The summed E-state index contributed by atoms with van der Waals surface area (Å²) in [4.78, 5) is 18.4. The summed E-state index contributed by atoms with van der Waals surface area (Å²) in [7, 11) is 0. The minimum absolute atomic E-state index is 0.0317. The first kappa shape index (κ1) is 19.3. The number of aryl methyl sites for hydroxylation is 1. The summed E-state index contributed by atoms with van der Waals surface area (Å²) in [6.07, 6.45) is 1.83. The topological polar surface area (TPSA) is 45.2 Å². The Balaban J connectivity index is 1.82. The van der Waals surface area contributed by atoms with Crippen LogP contribution in [0, 0.1) is 17.0 Å². The molecule has 6 heteroatoms. The number of anilines is 2. The van der Waals surface area contributed by atoms with E-state index in [4.69, 9.17) is 0 Å². The molecule has 0 unspecified atom stereocenters. The van der Waals surface area contributed by atoms with Crippen LogP contribution < -0.4 is 10.2 Å². The van der Waals surface area contributed by atoms with E-state index in [9.17, 15) is 13.6 Å². The van der Waals surface area contributed by atoms with Crippen LogP contribution in [0.15, 0.2) is 30.3 Å². The van der Waals surface area contributed by atoms with E-state index < -0.39 is 5.82 Å². The second kappa shape index (κ2) is 7.62. The van der Waals surface area contributed by atoms with Crippen LogP contribution in [-0.4, -0.2) is 17.4 Å². The van der Waals surface area contributed by atoms with Gasteiger partial charge in [0.25, 0.3) is 0 Å². The van der Waals surface area contributed by atoms with Crippen LogP contribution in [0.3, 0.4) is 0 Å². The number of benzene rings is 1. The number of aromatic nitrogens is 1. The fourth-order valence-corrected chi connectivity index (χ4v) is 3.27. The number of hydrogen-bond donors (Lipinski definition) is 1. The van der Waals surface area contributed by atoms with Gasteiger partial charge in [-0.2, -0.15) is 0 Å². The molecule has 2 heterocycles. The Bertz CT molecular complexity index is 846. The zero-order chi connectivity index (χ0) is 19.6. The fraction of sp³-hybridized carbons (Fsp3) is 0.429. The highest BCUT2D eigenvalue weighted by atomic mass is 19.1. The van der Waals surface area contributed by atoms with Crippen molar-refractivity contribution in [2.45, 2.75) is 46.6 Å². The molecule has 1 aliphatic rings. The highest BCUT2D eigenvalue weighted by Crippen LogP contribution is 2.31. The number of halogens is 2. The van der Waals surface area contributed by atoms with E-state index >= 15 is 0 Å². The van der Waals surface area contributed by atoms with Crippen molar-refractivity contribution in [3.63, 3.8) is 0 Å². The number of pyridine rings is 1. The standard InChI is InChI=1S/C21H25F2N3O/c1-21(2,3)12-19(27)25-20-16(23)11-18-17(24-20)9-6-10-26(18)13-14-7-4-5-8-15(14)22/h4-5,7-8,11H,6,9-10,12-13H2,1-3H3,(H,24,25,27). The lowest BCUT2D eigenvalue weighted by atomic mass is 9.92. The molecule has 1 aliphatic heterocycles. The molecule has 3 rings (SSSR count). The minimum Gasteiger partial charge on any atom is -0.366 e. The molecular weight excluding hydrogens is 348 g/mol. The maximum absolute atomic E-state index is 14.6. The lowest BCUT2D eigenvalue weighted by Crippen LogP contribution is -2.30. The molecule has 1 aromatic carbocycles. The minimum atomic E-state index is -0.573. The largest absolute Gasteiger partial charge is 0.366 e. The number of nitrogens with zero attached hydrogens (tertiary/aromatic N) is 2. The van der Waals surface area contributed by atoms with Crippen LogP contribution in [0.1, 0.15) is 44.9 Å². The molecule has 0 spiro atoms. The van der Waals surface area contributed by atoms with Crippen molar-refractivity contribution in [1.82, 2.24) is 4.98 Å². The first-order valence-electron chi connectivity index (χ1n) is 9.20. The van der Waals surface area contributed by atoms with Gasteiger partial charge < -0.3 is 10.2 Å². The van der Waals surface area contributed by atoms with Gasteiger partial charge in [-0.1, -0.05) is 39.0 Å². The third-order valence-corrected chi connectivity index (χ3v) is 4.48. The SMILES string of the molecule is CC(C)(C)CC(=O)Nc1nc2c(cc1F)N(Cc1ccccc1F)CCC2. The Morgan fingerprint density at radius 1 is 1.22 bits per heavy atom. The lowest BCUT2D eigenvalue weighted by Gasteiger charge is -2.31. The third-order valence-electron chi connectivity index (χ3n) is 4.48. The van der Waals surface area contributed by atoms with Gasteiger partial charge in [0.15, 0.2) is 11.6 Å². The van der Waals surface area contributed by atoms with Gasteiger partial charge in [-0.05, 0) is 24.3 Å². The van der Waals surface area contributed by atoms with E-state index in [1.54, 1.807) is 18.2 Å². The molecule has 1 amide bonds. The fourth-order valence-electron chi connectivity index (χ4n) is 3.27. The van der Waals surface area contributed by atoms with Crippen molar-refractivity contribution in [3.8, 4) is 0 Å². The summed E-state index contributed by atoms with van der Waals surface area (Å²) in [6.45, 7) is 6.91. The Morgan fingerprint density at radius 2 is 1.96 bits per heavy atom. The smallest absolute Gasteiger partial charge is 0.226 e. The molecule has 0 saturated heterocycles. The predicted molar refractivity (Wildman–Crippen MR) is 103 cm³/mol. The lowest BCUT2D eigenvalue weighted by molar-refractivity contribution is -0.117. The predicted octanol–water partition coefficient (Wildman–Crippen LogP) is 4.69. The number of carbonyl (C=O) groups excluding carboxylic acids is 1. The van der Waals surface area contributed by atoms with Crippen LogP contribution in [-0.2, 0) is 17.8 Å². The van der Waals surface area contributed by atoms with Gasteiger partial charge in [0.2, 0.25) is 5.91 Å².